The van der Waals surface area contributed by atoms with Crippen LogP contribution in [0.1, 0.15) is 40.5 Å². The quantitative estimate of drug-likeness (QED) is 0.663. The molecule has 2 N–H and O–H groups in total. The zero-order valence-electron chi connectivity index (χ0n) is 11.9. The molecule has 1 atom stereocenters. The van der Waals surface area contributed by atoms with Crippen molar-refractivity contribution in [3.8, 4) is 0 Å². The number of hydrogen-bond donors (Lipinski definition) is 1. The Morgan fingerprint density at radius 3 is 2.06 bits per heavy atom. The van der Waals surface area contributed by atoms with Crippen LogP contribution in [0.15, 0.2) is 0 Å². The highest BCUT2D eigenvalue weighted by molar-refractivity contribution is 5.82. The minimum Gasteiger partial charge on any atom is -0.454 e. The lowest BCUT2D eigenvalue weighted by Crippen LogP contribution is -2.40. The molecule has 0 aromatic carbocycles. The van der Waals surface area contributed by atoms with Crippen LogP contribution in [0.25, 0.3) is 0 Å². The van der Waals surface area contributed by atoms with Crippen molar-refractivity contribution < 1.29 is 14.3 Å². The molecule has 0 radical (unpaired) electrons. The fourth-order valence-corrected chi connectivity index (χ4v) is 1.49. The number of nitrogens with zero attached hydrogens (tertiary/aromatic N) is 1. The van der Waals surface area contributed by atoms with Gasteiger partial charge in [-0.2, -0.15) is 0 Å². The Hall–Kier alpha value is -1.10. The monoisotopic (exact) mass is 258 g/mol. The number of esters is 1. The average Bonchev–Trinajstić information content (AvgIpc) is 2.34. The highest BCUT2D eigenvalue weighted by atomic mass is 16.5. The summed E-state index contributed by atoms with van der Waals surface area (Å²) < 4.78 is 4.95. The molecule has 0 saturated carbocycles. The Kier molecular flexibility index (Phi) is 8.37. The van der Waals surface area contributed by atoms with Crippen LogP contribution in [0.3, 0.4) is 0 Å². The Morgan fingerprint density at radius 1 is 1.17 bits per heavy atom. The third-order valence-electron chi connectivity index (χ3n) is 2.67. The second kappa shape index (κ2) is 8.91. The van der Waals surface area contributed by atoms with Gasteiger partial charge in [-0.25, -0.2) is 0 Å². The van der Waals surface area contributed by atoms with Crippen LogP contribution >= 0.6 is 0 Å². The number of nitrogens with two attached hydrogens (primary N) is 1. The van der Waals surface area contributed by atoms with Crippen molar-refractivity contribution in [1.82, 2.24) is 4.90 Å². The van der Waals surface area contributed by atoms with Crippen molar-refractivity contribution >= 4 is 11.9 Å². The summed E-state index contributed by atoms with van der Waals surface area (Å²) in [6, 6.07) is -0.663. The zero-order valence-corrected chi connectivity index (χ0v) is 11.9. The smallest absolute Gasteiger partial charge is 0.323 e. The predicted octanol–water partition coefficient (Wildman–Crippen LogP) is 1.16. The van der Waals surface area contributed by atoms with E-state index in [2.05, 4.69) is 0 Å². The number of rotatable bonds is 8. The molecular formula is C13H26N2O3. The molecule has 18 heavy (non-hydrogen) atoms. The molecular weight excluding hydrogens is 232 g/mol. The van der Waals surface area contributed by atoms with Crippen LogP contribution in [0, 0.1) is 5.92 Å². The summed E-state index contributed by atoms with van der Waals surface area (Å²) in [7, 11) is 0. The molecule has 0 aliphatic rings. The molecule has 0 aliphatic carbocycles. The predicted molar refractivity (Wildman–Crippen MR) is 70.9 cm³/mol. The largest absolute Gasteiger partial charge is 0.454 e. The number of amides is 1. The molecule has 0 saturated heterocycles. The van der Waals surface area contributed by atoms with Crippen molar-refractivity contribution in [1.29, 1.82) is 0 Å². The molecule has 106 valence electrons. The van der Waals surface area contributed by atoms with Crippen molar-refractivity contribution in [3.05, 3.63) is 0 Å². The molecule has 0 bridgehead atoms. The van der Waals surface area contributed by atoms with Gasteiger partial charge in [-0.3, -0.25) is 9.59 Å². The van der Waals surface area contributed by atoms with Gasteiger partial charge >= 0.3 is 5.97 Å². The van der Waals surface area contributed by atoms with E-state index in [9.17, 15) is 9.59 Å². The highest BCUT2D eigenvalue weighted by Gasteiger charge is 2.21. The molecule has 0 aromatic heterocycles. The van der Waals surface area contributed by atoms with Crippen molar-refractivity contribution in [2.24, 2.45) is 11.7 Å². The number of ether oxygens (including phenoxy) is 1. The second-order valence-corrected chi connectivity index (χ2v) is 4.76. The van der Waals surface area contributed by atoms with E-state index in [-0.39, 0.29) is 18.4 Å². The summed E-state index contributed by atoms with van der Waals surface area (Å²) in [6.07, 6.45) is 1.79. The standard InChI is InChI=1S/C13H26N2O3/c1-5-7-15(8-6-2)11(16)9-18-13(17)12(14)10(3)4/h10,12H,5-9,14H2,1-4H3. The normalized spacial score (nSPS) is 12.3. The Labute approximate surface area is 110 Å². The lowest BCUT2D eigenvalue weighted by Gasteiger charge is -2.22. The van der Waals surface area contributed by atoms with Crippen molar-refractivity contribution in [2.75, 3.05) is 19.7 Å². The van der Waals surface area contributed by atoms with E-state index < -0.39 is 12.0 Å². The van der Waals surface area contributed by atoms with E-state index in [0.29, 0.717) is 13.1 Å². The summed E-state index contributed by atoms with van der Waals surface area (Å²) in [5.41, 5.74) is 5.64. The van der Waals surface area contributed by atoms with Crippen LogP contribution in [0.2, 0.25) is 0 Å². The van der Waals surface area contributed by atoms with E-state index in [1.165, 1.54) is 0 Å². The van der Waals surface area contributed by atoms with Gasteiger partial charge in [0.25, 0.3) is 5.91 Å². The third kappa shape index (κ3) is 6.00. The van der Waals surface area contributed by atoms with Crippen LogP contribution < -0.4 is 5.73 Å². The molecule has 0 heterocycles. The van der Waals surface area contributed by atoms with Gasteiger partial charge < -0.3 is 15.4 Å². The SMILES string of the molecule is CCCN(CCC)C(=O)COC(=O)C(N)C(C)C. The van der Waals surface area contributed by atoms with Crippen LogP contribution in [-0.4, -0.2) is 42.5 Å². The number of carbonyl (C=O) groups is 2. The van der Waals surface area contributed by atoms with E-state index in [1.807, 2.05) is 27.7 Å². The molecule has 0 fully saturated rings. The van der Waals surface area contributed by atoms with Gasteiger partial charge in [-0.15, -0.1) is 0 Å². The molecule has 0 spiro atoms. The summed E-state index contributed by atoms with van der Waals surface area (Å²) >= 11 is 0. The number of hydrogen-bond acceptors (Lipinski definition) is 4. The first kappa shape index (κ1) is 16.9. The maximum absolute atomic E-state index is 11.8. The van der Waals surface area contributed by atoms with E-state index >= 15 is 0 Å². The van der Waals surface area contributed by atoms with E-state index in [0.717, 1.165) is 12.8 Å². The van der Waals surface area contributed by atoms with Gasteiger partial charge in [0.1, 0.15) is 6.04 Å². The summed E-state index contributed by atoms with van der Waals surface area (Å²) in [6.45, 7) is 8.88. The molecule has 1 unspecified atom stereocenters. The maximum atomic E-state index is 11.8. The van der Waals surface area contributed by atoms with Gasteiger partial charge in [-0.05, 0) is 18.8 Å². The highest BCUT2D eigenvalue weighted by Crippen LogP contribution is 2.02. The third-order valence-corrected chi connectivity index (χ3v) is 2.67. The Morgan fingerprint density at radius 2 is 1.67 bits per heavy atom. The van der Waals surface area contributed by atoms with Crippen molar-refractivity contribution in [2.45, 2.75) is 46.6 Å². The van der Waals surface area contributed by atoms with Crippen molar-refractivity contribution in [3.63, 3.8) is 0 Å². The van der Waals surface area contributed by atoms with Crippen LogP contribution in [0.5, 0.6) is 0 Å². The Bertz CT molecular complexity index is 261. The second-order valence-electron chi connectivity index (χ2n) is 4.76. The maximum Gasteiger partial charge on any atom is 0.323 e. The summed E-state index contributed by atoms with van der Waals surface area (Å²) in [5, 5.41) is 0. The van der Waals surface area contributed by atoms with E-state index in [4.69, 9.17) is 10.5 Å². The molecule has 0 aliphatic heterocycles. The zero-order chi connectivity index (χ0) is 14.1. The molecule has 5 nitrogen and oxygen atoms in total. The van der Waals surface area contributed by atoms with Crippen LogP contribution in [-0.2, 0) is 14.3 Å². The van der Waals surface area contributed by atoms with Gasteiger partial charge in [-0.1, -0.05) is 27.7 Å². The van der Waals surface area contributed by atoms with Gasteiger partial charge in [0, 0.05) is 13.1 Å². The average molecular weight is 258 g/mol. The lowest BCUT2D eigenvalue weighted by molar-refractivity contribution is -0.153. The molecule has 1 amide bonds. The number of carbonyl (C=O) groups excluding carboxylic acids is 2. The van der Waals surface area contributed by atoms with Crippen LogP contribution in [0.4, 0.5) is 0 Å². The first-order valence-corrected chi connectivity index (χ1v) is 6.63. The van der Waals surface area contributed by atoms with Gasteiger partial charge in [0.05, 0.1) is 0 Å². The molecule has 0 rings (SSSR count). The first-order chi connectivity index (χ1) is 8.43. The summed E-state index contributed by atoms with van der Waals surface area (Å²) in [5.74, 6) is -0.649. The van der Waals surface area contributed by atoms with Gasteiger partial charge in [0.2, 0.25) is 0 Å². The minimum absolute atomic E-state index is 0.00925. The minimum atomic E-state index is -0.663. The van der Waals surface area contributed by atoms with E-state index in [1.54, 1.807) is 4.90 Å². The fourth-order valence-electron chi connectivity index (χ4n) is 1.49. The fraction of sp³-hybridized carbons (Fsp3) is 0.846. The molecule has 5 heteroatoms. The molecule has 0 aromatic rings. The summed E-state index contributed by atoms with van der Waals surface area (Å²) in [4.78, 5) is 25.1. The first-order valence-electron chi connectivity index (χ1n) is 6.63. The van der Waals surface area contributed by atoms with Gasteiger partial charge in [0.15, 0.2) is 6.61 Å². The lowest BCUT2D eigenvalue weighted by atomic mass is 10.1. The Balaban J connectivity index is 4.18. The topological polar surface area (TPSA) is 72.6 Å².